The quantitative estimate of drug-likeness (QED) is 0.886. The smallest absolute Gasteiger partial charge is 0.263 e. The predicted molar refractivity (Wildman–Crippen MR) is 107 cm³/mol. The number of sulfonamides is 1. The van der Waals surface area contributed by atoms with Crippen LogP contribution < -0.4 is 4.72 Å². The van der Waals surface area contributed by atoms with E-state index in [2.05, 4.69) is 47.7 Å². The maximum Gasteiger partial charge on any atom is 0.263 e. The number of hydrogen-bond donors (Lipinski definition) is 1. The first kappa shape index (κ1) is 18.2. The number of rotatable bonds is 3. The van der Waals surface area contributed by atoms with Crippen LogP contribution in [0.3, 0.4) is 0 Å². The molecule has 2 unspecified atom stereocenters. The van der Waals surface area contributed by atoms with E-state index < -0.39 is 10.0 Å². The zero-order valence-corrected chi connectivity index (χ0v) is 16.5. The fourth-order valence-electron chi connectivity index (χ4n) is 3.97. The van der Waals surface area contributed by atoms with Crippen LogP contribution in [-0.2, 0) is 16.6 Å². The monoisotopic (exact) mass is 383 g/mol. The molecule has 0 amide bonds. The van der Waals surface area contributed by atoms with Gasteiger partial charge in [0.1, 0.15) is 5.84 Å². The summed E-state index contributed by atoms with van der Waals surface area (Å²) in [6.07, 6.45) is 1.86. The molecule has 0 aromatic heterocycles. The van der Waals surface area contributed by atoms with Gasteiger partial charge in [-0.1, -0.05) is 36.4 Å². The van der Waals surface area contributed by atoms with Crippen molar-refractivity contribution in [3.63, 3.8) is 0 Å². The topological polar surface area (TPSA) is 61.8 Å². The van der Waals surface area contributed by atoms with Crippen LogP contribution in [0.4, 0.5) is 0 Å². The van der Waals surface area contributed by atoms with Gasteiger partial charge in [0.2, 0.25) is 0 Å². The fraction of sp³-hybridized carbons (Fsp3) is 0.381. The molecule has 0 spiro atoms. The number of piperidine rings is 1. The van der Waals surface area contributed by atoms with Crippen LogP contribution >= 0.6 is 0 Å². The van der Waals surface area contributed by atoms with Gasteiger partial charge in [0, 0.05) is 24.7 Å². The van der Waals surface area contributed by atoms with E-state index in [4.69, 9.17) is 4.99 Å². The number of fused-ring (bicyclic) bond motifs is 1. The van der Waals surface area contributed by atoms with Crippen LogP contribution in [0.25, 0.3) is 0 Å². The van der Waals surface area contributed by atoms with Gasteiger partial charge < -0.3 is 0 Å². The Morgan fingerprint density at radius 1 is 1.15 bits per heavy atom. The molecule has 5 nitrogen and oxygen atoms in total. The zero-order valence-electron chi connectivity index (χ0n) is 15.7. The van der Waals surface area contributed by atoms with Crippen molar-refractivity contribution in [1.29, 1.82) is 0 Å². The van der Waals surface area contributed by atoms with E-state index >= 15 is 0 Å². The molecular formula is C21H25N3O2S. The third-order valence-corrected chi connectivity index (χ3v) is 6.99. The number of aryl methyl sites for hydroxylation is 1. The van der Waals surface area contributed by atoms with Gasteiger partial charge in [-0.15, -0.1) is 0 Å². The lowest BCUT2D eigenvalue weighted by molar-refractivity contribution is 0.140. The summed E-state index contributed by atoms with van der Waals surface area (Å²) in [5, 5.41) is 0. The molecule has 1 N–H and O–H groups in total. The molecule has 6 heteroatoms. The predicted octanol–water partition coefficient (Wildman–Crippen LogP) is 3.09. The lowest BCUT2D eigenvalue weighted by Gasteiger charge is -2.36. The van der Waals surface area contributed by atoms with E-state index in [9.17, 15) is 8.42 Å². The van der Waals surface area contributed by atoms with E-state index in [-0.39, 0.29) is 6.04 Å². The number of nitrogens with zero attached hydrogens (tertiary/aromatic N) is 2. The van der Waals surface area contributed by atoms with Crippen molar-refractivity contribution in [3.05, 3.63) is 65.2 Å². The normalized spacial score (nSPS) is 25.9. The second kappa shape index (κ2) is 7.09. The van der Waals surface area contributed by atoms with Gasteiger partial charge in [0.05, 0.1) is 10.9 Å². The van der Waals surface area contributed by atoms with Crippen molar-refractivity contribution in [2.24, 2.45) is 4.99 Å². The minimum Gasteiger partial charge on any atom is -0.296 e. The highest BCUT2D eigenvalue weighted by Crippen LogP contribution is 2.26. The number of hydrogen-bond acceptors (Lipinski definition) is 4. The van der Waals surface area contributed by atoms with Gasteiger partial charge >= 0.3 is 0 Å². The van der Waals surface area contributed by atoms with E-state index in [1.54, 1.807) is 12.1 Å². The van der Waals surface area contributed by atoms with Crippen molar-refractivity contribution in [1.82, 2.24) is 9.62 Å². The minimum atomic E-state index is -3.47. The maximum absolute atomic E-state index is 12.3. The Bertz CT molecular complexity index is 984. The Balaban J connectivity index is 1.48. The van der Waals surface area contributed by atoms with E-state index in [1.165, 1.54) is 11.1 Å². The van der Waals surface area contributed by atoms with Gasteiger partial charge in [0.15, 0.2) is 0 Å². The van der Waals surface area contributed by atoms with Crippen molar-refractivity contribution >= 4 is 15.9 Å². The molecule has 1 fully saturated rings. The van der Waals surface area contributed by atoms with Crippen molar-refractivity contribution in [2.45, 2.75) is 50.2 Å². The molecule has 2 aromatic carbocycles. The van der Waals surface area contributed by atoms with Crippen LogP contribution in [0.1, 0.15) is 36.5 Å². The molecule has 0 bridgehead atoms. The molecule has 0 saturated carbocycles. The summed E-state index contributed by atoms with van der Waals surface area (Å²) in [4.78, 5) is 7.60. The van der Waals surface area contributed by atoms with Crippen molar-refractivity contribution in [2.75, 3.05) is 6.54 Å². The summed E-state index contributed by atoms with van der Waals surface area (Å²) in [5.74, 6) is 0.496. The molecule has 1 saturated heterocycles. The highest BCUT2D eigenvalue weighted by atomic mass is 32.2. The van der Waals surface area contributed by atoms with Gasteiger partial charge in [0.25, 0.3) is 10.0 Å². The number of likely N-dealkylation sites (tertiary alicyclic amines) is 1. The summed E-state index contributed by atoms with van der Waals surface area (Å²) in [5.41, 5.74) is 3.38. The van der Waals surface area contributed by atoms with Crippen LogP contribution in [0.15, 0.2) is 58.4 Å². The Labute approximate surface area is 161 Å². The number of nitrogens with one attached hydrogen (secondary N) is 1. The first-order chi connectivity index (χ1) is 12.9. The van der Waals surface area contributed by atoms with E-state index in [0.29, 0.717) is 22.3 Å². The second-order valence-corrected chi connectivity index (χ2v) is 9.15. The molecule has 2 aliphatic rings. The molecule has 2 heterocycles. The molecule has 0 aliphatic carbocycles. The molecular weight excluding hydrogens is 358 g/mol. The third-order valence-electron chi connectivity index (χ3n) is 5.60. The number of aliphatic imine (C=N–C) groups is 1. The van der Waals surface area contributed by atoms with E-state index in [1.807, 2.05) is 12.1 Å². The summed E-state index contributed by atoms with van der Waals surface area (Å²) < 4.78 is 27.1. The van der Waals surface area contributed by atoms with Gasteiger partial charge in [-0.25, -0.2) is 8.42 Å². The summed E-state index contributed by atoms with van der Waals surface area (Å²) in [7, 11) is -3.47. The van der Waals surface area contributed by atoms with Gasteiger partial charge in [-0.2, -0.15) is 0 Å². The lowest BCUT2D eigenvalue weighted by atomic mass is 9.97. The number of amidine groups is 1. The molecule has 2 aliphatic heterocycles. The molecule has 27 heavy (non-hydrogen) atoms. The van der Waals surface area contributed by atoms with Crippen molar-refractivity contribution < 1.29 is 8.42 Å². The van der Waals surface area contributed by atoms with Gasteiger partial charge in [-0.05, 0) is 49.9 Å². The lowest BCUT2D eigenvalue weighted by Crippen LogP contribution is -2.42. The Hall–Kier alpha value is -2.18. The van der Waals surface area contributed by atoms with E-state index in [0.717, 1.165) is 25.9 Å². The minimum absolute atomic E-state index is 0.136. The third kappa shape index (κ3) is 3.64. The summed E-state index contributed by atoms with van der Waals surface area (Å²) >= 11 is 0. The largest absolute Gasteiger partial charge is 0.296 e. The SMILES string of the molecule is Cc1ccccc1CN1CCC(N=C2NS(=O)(=O)c3ccccc32)CC1C. The second-order valence-electron chi connectivity index (χ2n) is 7.50. The van der Waals surface area contributed by atoms with Crippen LogP contribution in [0.2, 0.25) is 0 Å². The molecule has 2 aromatic rings. The summed E-state index contributed by atoms with van der Waals surface area (Å²) in [6, 6.07) is 16.1. The Morgan fingerprint density at radius 3 is 2.67 bits per heavy atom. The van der Waals surface area contributed by atoms with Crippen LogP contribution in [0.5, 0.6) is 0 Å². The molecule has 0 radical (unpaired) electrons. The van der Waals surface area contributed by atoms with Crippen LogP contribution in [0, 0.1) is 6.92 Å². The molecule has 142 valence electrons. The average Bonchev–Trinajstić information content (AvgIpc) is 2.90. The fourth-order valence-corrected chi connectivity index (χ4v) is 5.21. The maximum atomic E-state index is 12.3. The Kier molecular flexibility index (Phi) is 4.78. The zero-order chi connectivity index (χ0) is 19.0. The highest BCUT2D eigenvalue weighted by Gasteiger charge is 2.32. The number of benzene rings is 2. The van der Waals surface area contributed by atoms with Crippen molar-refractivity contribution in [3.8, 4) is 0 Å². The summed E-state index contributed by atoms with van der Waals surface area (Å²) in [6.45, 7) is 6.30. The van der Waals surface area contributed by atoms with Gasteiger partial charge in [-0.3, -0.25) is 14.6 Å². The van der Waals surface area contributed by atoms with Crippen LogP contribution in [-0.4, -0.2) is 37.8 Å². The first-order valence-corrected chi connectivity index (χ1v) is 10.9. The first-order valence-electron chi connectivity index (χ1n) is 9.42. The molecule has 2 atom stereocenters. The molecule has 4 rings (SSSR count). The highest BCUT2D eigenvalue weighted by molar-refractivity contribution is 7.90. The standard InChI is InChI=1S/C21H25N3O2S/c1-15-7-3-4-8-17(15)14-24-12-11-18(13-16(24)2)22-21-19-9-5-6-10-20(19)27(25,26)23-21/h3-10,16,18H,11-14H2,1-2H3,(H,22,23). The Morgan fingerprint density at radius 2 is 1.89 bits per heavy atom. The average molecular weight is 384 g/mol.